The number of nitrogens with one attached hydrogen (secondary N) is 2. The summed E-state index contributed by atoms with van der Waals surface area (Å²) in [6.45, 7) is 0.202. The zero-order valence-corrected chi connectivity index (χ0v) is 10.8. The lowest BCUT2D eigenvalue weighted by Crippen LogP contribution is -2.36. The zero-order chi connectivity index (χ0) is 14.4. The standard InChI is InChI=1S/C14H15N3O3/c15-11-5-3-10(4-6-11)14(19)17-9-13(18)16-8-12-2-1-7-20-12/h1-7H,8-9,15H2,(H,16,18)(H,17,19). The van der Waals surface area contributed by atoms with Gasteiger partial charge in [0.2, 0.25) is 5.91 Å². The molecule has 0 radical (unpaired) electrons. The summed E-state index contributed by atoms with van der Waals surface area (Å²) in [7, 11) is 0. The van der Waals surface area contributed by atoms with Crippen LogP contribution in [0, 0.1) is 0 Å². The Morgan fingerprint density at radius 1 is 1.10 bits per heavy atom. The van der Waals surface area contributed by atoms with Crippen LogP contribution in [0.2, 0.25) is 0 Å². The van der Waals surface area contributed by atoms with Gasteiger partial charge < -0.3 is 20.8 Å². The average molecular weight is 273 g/mol. The summed E-state index contributed by atoms with van der Waals surface area (Å²) in [6.07, 6.45) is 1.53. The number of rotatable bonds is 5. The molecule has 0 fully saturated rings. The summed E-state index contributed by atoms with van der Waals surface area (Å²) in [5.41, 5.74) is 6.57. The van der Waals surface area contributed by atoms with E-state index in [1.54, 1.807) is 36.4 Å². The number of nitrogens with two attached hydrogens (primary N) is 1. The second kappa shape index (κ2) is 6.42. The van der Waals surface area contributed by atoms with Crippen molar-refractivity contribution in [1.82, 2.24) is 10.6 Å². The molecule has 0 aliphatic carbocycles. The molecule has 104 valence electrons. The summed E-state index contributed by atoms with van der Waals surface area (Å²) < 4.78 is 5.08. The highest BCUT2D eigenvalue weighted by atomic mass is 16.3. The van der Waals surface area contributed by atoms with Gasteiger partial charge in [0.1, 0.15) is 5.76 Å². The maximum absolute atomic E-state index is 11.7. The van der Waals surface area contributed by atoms with Crippen LogP contribution >= 0.6 is 0 Å². The monoisotopic (exact) mass is 273 g/mol. The van der Waals surface area contributed by atoms with Crippen LogP contribution in [0.3, 0.4) is 0 Å². The first-order chi connectivity index (χ1) is 9.65. The molecule has 0 saturated carbocycles. The van der Waals surface area contributed by atoms with E-state index in [-0.39, 0.29) is 18.4 Å². The lowest BCUT2D eigenvalue weighted by molar-refractivity contribution is -0.120. The Hall–Kier alpha value is -2.76. The van der Waals surface area contributed by atoms with Gasteiger partial charge in [-0.3, -0.25) is 9.59 Å². The minimum absolute atomic E-state index is 0.0933. The molecule has 2 aromatic rings. The van der Waals surface area contributed by atoms with Crippen LogP contribution in [0.5, 0.6) is 0 Å². The summed E-state index contributed by atoms with van der Waals surface area (Å²) in [5, 5.41) is 5.16. The van der Waals surface area contributed by atoms with Gasteiger partial charge in [-0.1, -0.05) is 0 Å². The predicted molar refractivity (Wildman–Crippen MR) is 73.7 cm³/mol. The summed E-state index contributed by atoms with van der Waals surface area (Å²) in [5.74, 6) is 0.0477. The van der Waals surface area contributed by atoms with Crippen LogP contribution in [-0.4, -0.2) is 18.4 Å². The number of hydrogen-bond acceptors (Lipinski definition) is 4. The van der Waals surface area contributed by atoms with Gasteiger partial charge in [-0.25, -0.2) is 0 Å². The molecule has 0 bridgehead atoms. The van der Waals surface area contributed by atoms with Crippen LogP contribution in [0.4, 0.5) is 5.69 Å². The van der Waals surface area contributed by atoms with Crippen molar-refractivity contribution in [1.29, 1.82) is 0 Å². The SMILES string of the molecule is Nc1ccc(C(=O)NCC(=O)NCc2ccco2)cc1. The first-order valence-electron chi connectivity index (χ1n) is 6.08. The van der Waals surface area contributed by atoms with E-state index in [0.717, 1.165) is 0 Å². The topological polar surface area (TPSA) is 97.4 Å². The van der Waals surface area contributed by atoms with Crippen LogP contribution in [-0.2, 0) is 11.3 Å². The summed E-state index contributed by atoms with van der Waals surface area (Å²) in [6, 6.07) is 9.96. The van der Waals surface area contributed by atoms with E-state index < -0.39 is 0 Å². The van der Waals surface area contributed by atoms with Crippen LogP contribution < -0.4 is 16.4 Å². The maximum Gasteiger partial charge on any atom is 0.251 e. The largest absolute Gasteiger partial charge is 0.467 e. The third kappa shape index (κ3) is 3.88. The molecule has 1 heterocycles. The van der Waals surface area contributed by atoms with Crippen molar-refractivity contribution in [3.63, 3.8) is 0 Å². The lowest BCUT2D eigenvalue weighted by atomic mass is 10.2. The molecule has 0 aliphatic rings. The number of carbonyl (C=O) groups excluding carboxylic acids is 2. The van der Waals surface area contributed by atoms with Gasteiger partial charge in [0.25, 0.3) is 5.91 Å². The van der Waals surface area contributed by atoms with E-state index in [2.05, 4.69) is 10.6 Å². The van der Waals surface area contributed by atoms with E-state index in [1.807, 2.05) is 0 Å². The van der Waals surface area contributed by atoms with Crippen molar-refractivity contribution < 1.29 is 14.0 Å². The molecule has 2 amide bonds. The Balaban J connectivity index is 1.75. The molecule has 0 aliphatic heterocycles. The molecular formula is C14H15N3O3. The molecule has 0 unspecified atom stereocenters. The van der Waals surface area contributed by atoms with E-state index >= 15 is 0 Å². The summed E-state index contributed by atoms with van der Waals surface area (Å²) >= 11 is 0. The van der Waals surface area contributed by atoms with Crippen molar-refractivity contribution in [2.75, 3.05) is 12.3 Å². The second-order valence-electron chi connectivity index (χ2n) is 4.16. The van der Waals surface area contributed by atoms with E-state index in [1.165, 1.54) is 6.26 Å². The van der Waals surface area contributed by atoms with Gasteiger partial charge >= 0.3 is 0 Å². The summed E-state index contributed by atoms with van der Waals surface area (Å²) in [4.78, 5) is 23.3. The molecule has 0 saturated heterocycles. The van der Waals surface area contributed by atoms with Crippen molar-refractivity contribution in [3.05, 3.63) is 54.0 Å². The fourth-order valence-corrected chi connectivity index (χ4v) is 1.56. The molecule has 6 nitrogen and oxygen atoms in total. The van der Waals surface area contributed by atoms with Crippen molar-refractivity contribution in [2.45, 2.75) is 6.54 Å². The highest BCUT2D eigenvalue weighted by Crippen LogP contribution is 2.04. The van der Waals surface area contributed by atoms with Crippen LogP contribution in [0.15, 0.2) is 47.1 Å². The third-order valence-corrected chi connectivity index (χ3v) is 2.62. The molecular weight excluding hydrogens is 258 g/mol. The molecule has 4 N–H and O–H groups in total. The number of hydrogen-bond donors (Lipinski definition) is 3. The Morgan fingerprint density at radius 3 is 2.50 bits per heavy atom. The third-order valence-electron chi connectivity index (χ3n) is 2.62. The zero-order valence-electron chi connectivity index (χ0n) is 10.8. The van der Waals surface area contributed by atoms with E-state index in [9.17, 15) is 9.59 Å². The van der Waals surface area contributed by atoms with Gasteiger partial charge in [0, 0.05) is 11.3 Å². The lowest BCUT2D eigenvalue weighted by Gasteiger charge is -2.06. The van der Waals surface area contributed by atoms with E-state index in [4.69, 9.17) is 10.2 Å². The fraction of sp³-hybridized carbons (Fsp3) is 0.143. The number of anilines is 1. The highest BCUT2D eigenvalue weighted by molar-refractivity contribution is 5.96. The second-order valence-corrected chi connectivity index (χ2v) is 4.16. The van der Waals surface area contributed by atoms with E-state index in [0.29, 0.717) is 23.6 Å². The van der Waals surface area contributed by atoms with Gasteiger partial charge in [-0.2, -0.15) is 0 Å². The Kier molecular flexibility index (Phi) is 4.39. The Labute approximate surface area is 116 Å². The molecule has 0 spiro atoms. The molecule has 0 atom stereocenters. The van der Waals surface area contributed by atoms with Gasteiger partial charge in [0.15, 0.2) is 0 Å². The van der Waals surface area contributed by atoms with Crippen molar-refractivity contribution in [3.8, 4) is 0 Å². The molecule has 2 rings (SSSR count). The smallest absolute Gasteiger partial charge is 0.251 e. The number of furan rings is 1. The van der Waals surface area contributed by atoms with Crippen LogP contribution in [0.25, 0.3) is 0 Å². The number of benzene rings is 1. The minimum atomic E-state index is -0.321. The van der Waals surface area contributed by atoms with Crippen molar-refractivity contribution >= 4 is 17.5 Å². The number of carbonyl (C=O) groups is 2. The first kappa shape index (κ1) is 13.7. The highest BCUT2D eigenvalue weighted by Gasteiger charge is 2.08. The molecule has 6 heteroatoms. The predicted octanol–water partition coefficient (Wildman–Crippen LogP) is 0.908. The number of nitrogen functional groups attached to an aromatic ring is 1. The molecule has 1 aromatic carbocycles. The Bertz CT molecular complexity index is 576. The molecule has 1 aromatic heterocycles. The first-order valence-corrected chi connectivity index (χ1v) is 6.08. The van der Waals surface area contributed by atoms with Gasteiger partial charge in [0.05, 0.1) is 19.4 Å². The van der Waals surface area contributed by atoms with Gasteiger partial charge in [-0.15, -0.1) is 0 Å². The maximum atomic E-state index is 11.7. The number of amides is 2. The normalized spacial score (nSPS) is 10.0. The van der Waals surface area contributed by atoms with Gasteiger partial charge in [-0.05, 0) is 36.4 Å². The quantitative estimate of drug-likeness (QED) is 0.705. The Morgan fingerprint density at radius 2 is 1.85 bits per heavy atom. The minimum Gasteiger partial charge on any atom is -0.467 e. The van der Waals surface area contributed by atoms with Crippen molar-refractivity contribution in [2.24, 2.45) is 0 Å². The average Bonchev–Trinajstić information content (AvgIpc) is 2.96. The molecule has 20 heavy (non-hydrogen) atoms. The fourth-order valence-electron chi connectivity index (χ4n) is 1.56. The van der Waals surface area contributed by atoms with Crippen LogP contribution in [0.1, 0.15) is 16.1 Å².